The molecular formula is C56H40N4. The molecule has 0 spiro atoms. The van der Waals surface area contributed by atoms with Gasteiger partial charge in [-0.2, -0.15) is 0 Å². The summed E-state index contributed by atoms with van der Waals surface area (Å²) in [5.74, 6) is 20.1. The minimum atomic E-state index is 0.902. The third-order valence-corrected chi connectivity index (χ3v) is 10.5. The fourth-order valence-electron chi connectivity index (χ4n) is 7.13. The maximum atomic E-state index is 4.79. The van der Waals surface area contributed by atoms with Gasteiger partial charge >= 0.3 is 0 Å². The normalized spacial score (nSPS) is 10.7. The van der Waals surface area contributed by atoms with Crippen molar-refractivity contribution in [3.63, 3.8) is 0 Å². The molecule has 4 heteroatoms. The van der Waals surface area contributed by atoms with E-state index < -0.39 is 0 Å². The molecule has 3 heterocycles. The van der Waals surface area contributed by atoms with Gasteiger partial charge in [-0.1, -0.05) is 85.8 Å². The van der Waals surface area contributed by atoms with Crippen LogP contribution in [0.25, 0.3) is 32.7 Å². The second-order valence-corrected chi connectivity index (χ2v) is 14.7. The molecule has 0 N–H and O–H groups in total. The summed E-state index contributed by atoms with van der Waals surface area (Å²) in [5, 5.41) is 3.34. The largest absolute Gasteiger partial charge is 0.311 e. The van der Waals surface area contributed by atoms with Gasteiger partial charge in [-0.3, -0.25) is 15.0 Å². The van der Waals surface area contributed by atoms with E-state index in [1.165, 1.54) is 0 Å². The van der Waals surface area contributed by atoms with Crippen molar-refractivity contribution in [1.29, 1.82) is 0 Å². The molecule has 0 fully saturated rings. The van der Waals surface area contributed by atoms with Gasteiger partial charge in [0.1, 0.15) is 0 Å². The van der Waals surface area contributed by atoms with Gasteiger partial charge in [0.2, 0.25) is 0 Å². The topological polar surface area (TPSA) is 41.9 Å². The first-order valence-electron chi connectivity index (χ1n) is 20.3. The van der Waals surface area contributed by atoms with E-state index in [4.69, 9.17) is 9.97 Å². The molecule has 6 aromatic carbocycles. The summed E-state index contributed by atoms with van der Waals surface area (Å²) in [6.07, 6.45) is 1.80. The second kappa shape index (κ2) is 16.9. The van der Waals surface area contributed by atoms with Gasteiger partial charge in [-0.15, -0.1) is 0 Å². The highest BCUT2D eigenvalue weighted by Crippen LogP contribution is 2.35. The van der Waals surface area contributed by atoms with E-state index in [1.54, 1.807) is 0 Å². The van der Waals surface area contributed by atoms with Crippen LogP contribution in [0.5, 0.6) is 0 Å². The minimum absolute atomic E-state index is 0.902. The van der Waals surface area contributed by atoms with Crippen molar-refractivity contribution in [3.05, 3.63) is 214 Å². The van der Waals surface area contributed by atoms with Gasteiger partial charge in [-0.25, -0.2) is 0 Å². The van der Waals surface area contributed by atoms with Gasteiger partial charge in [0.15, 0.2) is 0 Å². The van der Waals surface area contributed by atoms with Crippen LogP contribution in [0.1, 0.15) is 64.3 Å². The van der Waals surface area contributed by atoms with Crippen LogP contribution in [-0.4, -0.2) is 15.0 Å². The molecule has 0 aliphatic heterocycles. The van der Waals surface area contributed by atoms with E-state index in [0.717, 1.165) is 113 Å². The summed E-state index contributed by atoms with van der Waals surface area (Å²) in [4.78, 5) is 16.5. The Hall–Kier alpha value is -7.97. The van der Waals surface area contributed by atoms with Crippen molar-refractivity contribution >= 4 is 49.8 Å². The molecule has 0 saturated heterocycles. The lowest BCUT2D eigenvalue weighted by atomic mass is 10.1. The van der Waals surface area contributed by atoms with Crippen LogP contribution in [0.2, 0.25) is 0 Å². The summed E-state index contributed by atoms with van der Waals surface area (Å²) >= 11 is 0. The van der Waals surface area contributed by atoms with Crippen LogP contribution in [0.4, 0.5) is 17.1 Å². The molecule has 0 amide bonds. The number of anilines is 3. The highest BCUT2D eigenvalue weighted by atomic mass is 15.1. The molecule has 4 nitrogen and oxygen atoms in total. The van der Waals surface area contributed by atoms with E-state index in [-0.39, 0.29) is 0 Å². The smallest absolute Gasteiger partial charge is 0.0717 e. The first kappa shape index (κ1) is 37.6. The summed E-state index contributed by atoms with van der Waals surface area (Å²) in [6.45, 7) is 6.25. The number of benzene rings is 6. The Labute approximate surface area is 351 Å². The average Bonchev–Trinajstić information content (AvgIpc) is 3.30. The zero-order chi connectivity index (χ0) is 40.8. The van der Waals surface area contributed by atoms with Gasteiger partial charge in [0, 0.05) is 83.7 Å². The predicted octanol–water partition coefficient (Wildman–Crippen LogP) is 12.4. The van der Waals surface area contributed by atoms with Crippen LogP contribution < -0.4 is 4.90 Å². The fraction of sp³-hybridized carbons (Fsp3) is 0.0893. The maximum Gasteiger partial charge on any atom is 0.0717 e. The van der Waals surface area contributed by atoms with Crippen LogP contribution in [0, 0.1) is 42.4 Å². The molecule has 284 valence electrons. The molecular weight excluding hydrogens is 729 g/mol. The highest BCUT2D eigenvalue weighted by Gasteiger charge is 2.13. The molecule has 0 aliphatic carbocycles. The van der Waals surface area contributed by atoms with Crippen molar-refractivity contribution in [2.75, 3.05) is 4.90 Å². The van der Waals surface area contributed by atoms with E-state index in [1.807, 2.05) is 19.1 Å². The molecule has 3 aromatic heterocycles. The highest BCUT2D eigenvalue weighted by molar-refractivity contribution is 5.83. The van der Waals surface area contributed by atoms with E-state index in [9.17, 15) is 0 Å². The minimum Gasteiger partial charge on any atom is -0.311 e. The molecule has 60 heavy (non-hydrogen) atoms. The number of hydrogen-bond acceptors (Lipinski definition) is 4. The standard InChI is InChI=1S/C56H40N4/c1-4-49-28-26-47-24-14-44(37-55(47)58-49)11-8-41-18-32-52(33-19-41)60(51-30-16-40(17-31-51)7-10-43-13-23-46-22-6-39(3)57-54(46)36-43)53-34-20-42(21-35-53)9-12-45-15-25-48-27-29-50(5-2)59-56(48)38-45/h6,13-38H,4-5H2,1-3H3. The zero-order valence-corrected chi connectivity index (χ0v) is 33.8. The molecule has 0 bridgehead atoms. The number of pyridine rings is 3. The Bertz CT molecular complexity index is 3090. The molecule has 9 aromatic rings. The summed E-state index contributed by atoms with van der Waals surface area (Å²) in [7, 11) is 0. The Morgan fingerprint density at radius 1 is 0.350 bits per heavy atom. The number of hydrogen-bond donors (Lipinski definition) is 0. The van der Waals surface area contributed by atoms with Crippen molar-refractivity contribution in [2.24, 2.45) is 0 Å². The number of rotatable bonds is 5. The Morgan fingerprint density at radius 3 is 1.02 bits per heavy atom. The first-order chi connectivity index (χ1) is 29.5. The second-order valence-electron chi connectivity index (χ2n) is 14.7. The number of fused-ring (bicyclic) bond motifs is 3. The number of aromatic nitrogens is 3. The van der Waals surface area contributed by atoms with Gasteiger partial charge in [-0.05, 0) is 147 Å². The van der Waals surface area contributed by atoms with Gasteiger partial charge in [0.25, 0.3) is 0 Å². The average molecular weight is 769 g/mol. The van der Waals surface area contributed by atoms with E-state index >= 15 is 0 Å². The lowest BCUT2D eigenvalue weighted by Crippen LogP contribution is -2.10. The van der Waals surface area contributed by atoms with Crippen LogP contribution in [0.15, 0.2) is 164 Å². The Balaban J connectivity index is 1.00. The zero-order valence-electron chi connectivity index (χ0n) is 33.8. The predicted molar refractivity (Wildman–Crippen MR) is 248 cm³/mol. The molecule has 0 saturated carbocycles. The molecule has 0 radical (unpaired) electrons. The van der Waals surface area contributed by atoms with Gasteiger partial charge in [0.05, 0.1) is 16.6 Å². The fourth-order valence-corrected chi connectivity index (χ4v) is 7.13. The number of nitrogens with zero attached hydrogens (tertiary/aromatic N) is 4. The molecule has 0 aliphatic rings. The summed E-state index contributed by atoms with van der Waals surface area (Å²) < 4.78 is 0. The summed E-state index contributed by atoms with van der Waals surface area (Å²) in [6, 6.07) is 56.3. The molecule has 0 unspecified atom stereocenters. The summed E-state index contributed by atoms with van der Waals surface area (Å²) in [5.41, 5.74) is 14.7. The van der Waals surface area contributed by atoms with Gasteiger partial charge < -0.3 is 4.90 Å². The third kappa shape index (κ3) is 8.49. The van der Waals surface area contributed by atoms with Crippen LogP contribution >= 0.6 is 0 Å². The van der Waals surface area contributed by atoms with E-state index in [2.05, 4.69) is 211 Å². The van der Waals surface area contributed by atoms with Crippen molar-refractivity contribution < 1.29 is 0 Å². The number of aryl methyl sites for hydroxylation is 3. The van der Waals surface area contributed by atoms with E-state index in [0.29, 0.717) is 0 Å². The quantitative estimate of drug-likeness (QED) is 0.164. The molecule has 0 atom stereocenters. The third-order valence-electron chi connectivity index (χ3n) is 10.5. The molecule has 9 rings (SSSR count). The lowest BCUT2D eigenvalue weighted by molar-refractivity contribution is 1.06. The maximum absolute atomic E-state index is 4.79. The van der Waals surface area contributed by atoms with Crippen molar-refractivity contribution in [2.45, 2.75) is 33.6 Å². The first-order valence-corrected chi connectivity index (χ1v) is 20.3. The Kier molecular flexibility index (Phi) is 10.6. The Morgan fingerprint density at radius 2 is 0.650 bits per heavy atom. The monoisotopic (exact) mass is 768 g/mol. The van der Waals surface area contributed by atoms with Crippen molar-refractivity contribution in [1.82, 2.24) is 15.0 Å². The van der Waals surface area contributed by atoms with Crippen molar-refractivity contribution in [3.8, 4) is 35.5 Å². The lowest BCUT2D eigenvalue weighted by Gasteiger charge is -2.25. The SMILES string of the molecule is CCc1ccc2ccc(C#Cc3ccc(N(c4ccc(C#Cc5ccc6ccc(C)nc6c5)cc4)c4ccc(C#Cc5ccc6ccc(CC)nc6c5)cc4)cc3)cc2n1. The van der Waals surface area contributed by atoms with Crippen LogP contribution in [0.3, 0.4) is 0 Å². The van der Waals surface area contributed by atoms with Crippen LogP contribution in [-0.2, 0) is 12.8 Å².